The highest BCUT2D eigenvalue weighted by Gasteiger charge is 2.51. The van der Waals surface area contributed by atoms with Crippen molar-refractivity contribution in [2.75, 3.05) is 7.11 Å². The lowest BCUT2D eigenvalue weighted by atomic mass is 9.55. The number of hydrogen-bond donors (Lipinski definition) is 0. The number of methoxy groups -OCH3 is 1. The van der Waals surface area contributed by atoms with E-state index in [1.54, 1.807) is 19.1 Å². The highest BCUT2D eigenvalue weighted by molar-refractivity contribution is 6.01. The molecule has 5 heteroatoms. The molecule has 0 amide bonds. The molecular formula is C21H24O5. The van der Waals surface area contributed by atoms with Gasteiger partial charge in [-0.15, -0.1) is 0 Å². The number of hydrogen-bond acceptors (Lipinski definition) is 5. The van der Waals surface area contributed by atoms with Gasteiger partial charge in [0, 0.05) is 18.3 Å². The van der Waals surface area contributed by atoms with Crippen LogP contribution in [0.2, 0.25) is 0 Å². The fraction of sp³-hybridized carbons (Fsp3) is 0.476. The number of ether oxygens (including phenoxy) is 1. The molecule has 0 N–H and O–H groups in total. The molecule has 1 heterocycles. The molecule has 0 saturated heterocycles. The number of fused-ring (bicyclic) bond motifs is 1. The van der Waals surface area contributed by atoms with Crippen LogP contribution >= 0.6 is 0 Å². The van der Waals surface area contributed by atoms with Gasteiger partial charge in [-0.3, -0.25) is 14.4 Å². The van der Waals surface area contributed by atoms with E-state index in [2.05, 4.69) is 6.92 Å². The lowest BCUT2D eigenvalue weighted by Gasteiger charge is -2.47. The van der Waals surface area contributed by atoms with Gasteiger partial charge in [-0.2, -0.15) is 0 Å². The van der Waals surface area contributed by atoms with Gasteiger partial charge in [0.2, 0.25) is 0 Å². The third kappa shape index (κ3) is 2.75. The monoisotopic (exact) mass is 356 g/mol. The average Bonchev–Trinajstić information content (AvgIpc) is 3.12. The standard InChI is InChI=1S/C21H24O5/c1-13-5-6-16-17(9-15(22)10-21(16,3)19(24)25-4)20(13,2)11-18(23)14-7-8-26-12-14/h6-9,12-13H,5,10-11H2,1-4H3/t13-,20+,21+/m1/s1. The van der Waals surface area contributed by atoms with Crippen molar-refractivity contribution in [3.8, 4) is 0 Å². The van der Waals surface area contributed by atoms with Crippen molar-refractivity contribution in [3.05, 3.63) is 47.5 Å². The third-order valence-electron chi connectivity index (χ3n) is 6.10. The molecule has 138 valence electrons. The van der Waals surface area contributed by atoms with Crippen molar-refractivity contribution >= 4 is 17.5 Å². The summed E-state index contributed by atoms with van der Waals surface area (Å²) in [5.74, 6) is -0.406. The van der Waals surface area contributed by atoms with Crippen molar-refractivity contribution in [1.29, 1.82) is 0 Å². The summed E-state index contributed by atoms with van der Waals surface area (Å²) in [6.07, 6.45) is 7.65. The number of esters is 1. The molecule has 0 bridgehead atoms. The number of Topliss-reactive ketones (excluding diaryl/α,β-unsaturated/α-hetero) is 1. The smallest absolute Gasteiger partial charge is 0.316 e. The molecule has 2 aliphatic carbocycles. The Kier molecular flexibility index (Phi) is 4.51. The summed E-state index contributed by atoms with van der Waals surface area (Å²) in [6, 6.07) is 1.65. The second-order valence-electron chi connectivity index (χ2n) is 7.81. The second kappa shape index (κ2) is 6.38. The van der Waals surface area contributed by atoms with E-state index in [0.717, 1.165) is 17.6 Å². The van der Waals surface area contributed by atoms with E-state index in [-0.39, 0.29) is 30.3 Å². The Morgan fingerprint density at radius 2 is 2.04 bits per heavy atom. The van der Waals surface area contributed by atoms with Gasteiger partial charge in [0.25, 0.3) is 0 Å². The maximum Gasteiger partial charge on any atom is 0.316 e. The predicted molar refractivity (Wildman–Crippen MR) is 95.5 cm³/mol. The van der Waals surface area contributed by atoms with E-state index in [9.17, 15) is 14.4 Å². The Balaban J connectivity index is 2.05. The van der Waals surface area contributed by atoms with Crippen molar-refractivity contribution in [3.63, 3.8) is 0 Å². The summed E-state index contributed by atoms with van der Waals surface area (Å²) in [7, 11) is 1.34. The average molecular weight is 356 g/mol. The zero-order valence-electron chi connectivity index (χ0n) is 15.6. The molecule has 0 aromatic carbocycles. The molecule has 1 aromatic rings. The zero-order chi connectivity index (χ0) is 19.1. The van der Waals surface area contributed by atoms with E-state index in [0.29, 0.717) is 5.56 Å². The Morgan fingerprint density at radius 1 is 1.31 bits per heavy atom. The van der Waals surface area contributed by atoms with Crippen molar-refractivity contribution in [2.24, 2.45) is 16.7 Å². The van der Waals surface area contributed by atoms with Gasteiger partial charge in [0.1, 0.15) is 6.26 Å². The van der Waals surface area contributed by atoms with Crippen LogP contribution in [-0.2, 0) is 14.3 Å². The van der Waals surface area contributed by atoms with Crippen molar-refractivity contribution in [1.82, 2.24) is 0 Å². The molecule has 0 spiro atoms. The fourth-order valence-electron chi connectivity index (χ4n) is 4.19. The van der Waals surface area contributed by atoms with Crippen LogP contribution in [0.15, 0.2) is 46.3 Å². The van der Waals surface area contributed by atoms with E-state index in [1.165, 1.54) is 19.6 Å². The number of allylic oxidation sites excluding steroid dienone is 3. The molecule has 0 fully saturated rings. The van der Waals surface area contributed by atoms with Gasteiger partial charge in [0.05, 0.1) is 24.4 Å². The maximum absolute atomic E-state index is 12.7. The van der Waals surface area contributed by atoms with Crippen LogP contribution in [0.4, 0.5) is 0 Å². The first-order valence-electron chi connectivity index (χ1n) is 8.82. The van der Waals surface area contributed by atoms with Crippen LogP contribution in [0.5, 0.6) is 0 Å². The lowest BCUT2D eigenvalue weighted by Crippen LogP contribution is -2.44. The molecule has 5 nitrogen and oxygen atoms in total. The number of carbonyl (C=O) groups excluding carboxylic acids is 3. The minimum Gasteiger partial charge on any atom is -0.472 e. The molecule has 0 radical (unpaired) electrons. The Bertz CT molecular complexity index is 813. The van der Waals surface area contributed by atoms with Gasteiger partial charge < -0.3 is 9.15 Å². The van der Waals surface area contributed by atoms with E-state index in [4.69, 9.17) is 9.15 Å². The molecule has 3 atom stereocenters. The van der Waals surface area contributed by atoms with Crippen LogP contribution in [0.3, 0.4) is 0 Å². The fourth-order valence-corrected chi connectivity index (χ4v) is 4.19. The van der Waals surface area contributed by atoms with E-state index in [1.807, 2.05) is 13.0 Å². The second-order valence-corrected chi connectivity index (χ2v) is 7.81. The minimum atomic E-state index is -1.00. The Morgan fingerprint density at radius 3 is 2.65 bits per heavy atom. The first-order valence-corrected chi connectivity index (χ1v) is 8.82. The lowest BCUT2D eigenvalue weighted by molar-refractivity contribution is -0.151. The van der Waals surface area contributed by atoms with E-state index >= 15 is 0 Å². The largest absolute Gasteiger partial charge is 0.472 e. The number of ketones is 2. The molecule has 26 heavy (non-hydrogen) atoms. The summed E-state index contributed by atoms with van der Waals surface area (Å²) >= 11 is 0. The molecular weight excluding hydrogens is 332 g/mol. The van der Waals surface area contributed by atoms with Crippen molar-refractivity contribution < 1.29 is 23.5 Å². The number of carbonyl (C=O) groups is 3. The van der Waals surface area contributed by atoms with Gasteiger partial charge in [0.15, 0.2) is 11.6 Å². The van der Waals surface area contributed by atoms with Crippen LogP contribution in [-0.4, -0.2) is 24.6 Å². The summed E-state index contributed by atoms with van der Waals surface area (Å²) in [4.78, 5) is 37.7. The minimum absolute atomic E-state index is 0.0342. The predicted octanol–water partition coefficient (Wildman–Crippen LogP) is 3.90. The zero-order valence-corrected chi connectivity index (χ0v) is 15.6. The summed E-state index contributed by atoms with van der Waals surface area (Å²) in [5, 5.41) is 0. The molecule has 0 saturated carbocycles. The van der Waals surface area contributed by atoms with Gasteiger partial charge in [-0.25, -0.2) is 0 Å². The number of rotatable bonds is 4. The van der Waals surface area contributed by atoms with Crippen LogP contribution < -0.4 is 0 Å². The topological polar surface area (TPSA) is 73.6 Å². The molecule has 2 aliphatic rings. The summed E-state index contributed by atoms with van der Waals surface area (Å²) in [6.45, 7) is 5.83. The molecule has 3 rings (SSSR count). The quantitative estimate of drug-likeness (QED) is 0.604. The first-order chi connectivity index (χ1) is 12.2. The molecule has 0 aliphatic heterocycles. The summed E-state index contributed by atoms with van der Waals surface area (Å²) < 4.78 is 10.0. The van der Waals surface area contributed by atoms with Crippen LogP contribution in [0.1, 0.15) is 50.4 Å². The highest BCUT2D eigenvalue weighted by Crippen LogP contribution is 2.55. The van der Waals surface area contributed by atoms with Gasteiger partial charge >= 0.3 is 5.97 Å². The SMILES string of the molecule is COC(=O)[C@@]1(C)CC(=O)C=C2C1=CC[C@@H](C)[C@]2(C)CC(=O)c1ccoc1. The highest BCUT2D eigenvalue weighted by atomic mass is 16.5. The van der Waals surface area contributed by atoms with Crippen LogP contribution in [0.25, 0.3) is 0 Å². The first kappa shape index (κ1) is 18.4. The van der Waals surface area contributed by atoms with Gasteiger partial charge in [-0.05, 0) is 42.6 Å². The third-order valence-corrected chi connectivity index (χ3v) is 6.10. The number of furan rings is 1. The van der Waals surface area contributed by atoms with Crippen molar-refractivity contribution in [2.45, 2.75) is 40.0 Å². The molecule has 0 unspecified atom stereocenters. The van der Waals surface area contributed by atoms with Crippen LogP contribution in [0, 0.1) is 16.7 Å². The Hall–Kier alpha value is -2.43. The summed E-state index contributed by atoms with van der Waals surface area (Å²) in [5.41, 5.74) is 0.592. The maximum atomic E-state index is 12.7. The van der Waals surface area contributed by atoms with E-state index < -0.39 is 16.8 Å². The van der Waals surface area contributed by atoms with Gasteiger partial charge in [-0.1, -0.05) is 19.9 Å². The molecule has 1 aromatic heterocycles. The normalized spacial score (nSPS) is 30.9. The Labute approximate surface area is 153 Å².